The topological polar surface area (TPSA) is 66.4 Å². The molecule has 0 fully saturated rings. The lowest BCUT2D eigenvalue weighted by molar-refractivity contribution is -0.116. The van der Waals surface area contributed by atoms with E-state index < -0.39 is 5.97 Å². The van der Waals surface area contributed by atoms with Crippen LogP contribution in [-0.4, -0.2) is 17.0 Å². The van der Waals surface area contributed by atoms with Crippen molar-refractivity contribution in [3.05, 3.63) is 87.4 Å². The summed E-state index contributed by atoms with van der Waals surface area (Å²) >= 11 is 11.9. The van der Waals surface area contributed by atoms with Crippen LogP contribution in [0.1, 0.15) is 47.7 Å². The summed E-state index contributed by atoms with van der Waals surface area (Å²) in [5.41, 5.74) is 4.20. The second-order valence-corrected chi connectivity index (χ2v) is 8.48. The Morgan fingerprint density at radius 2 is 1.53 bits per heavy atom. The molecule has 32 heavy (non-hydrogen) atoms. The number of carboxylic acid groups (broad SMARTS) is 1. The predicted octanol–water partition coefficient (Wildman–Crippen LogP) is 7.27. The highest BCUT2D eigenvalue weighted by Gasteiger charge is 2.14. The molecule has 0 aliphatic heterocycles. The van der Waals surface area contributed by atoms with E-state index in [1.54, 1.807) is 24.3 Å². The van der Waals surface area contributed by atoms with Crippen LogP contribution in [0.2, 0.25) is 10.0 Å². The molecule has 166 valence electrons. The number of hydrogen-bond donors (Lipinski definition) is 2. The summed E-state index contributed by atoms with van der Waals surface area (Å²) in [6.07, 6.45) is 3.97. The van der Waals surface area contributed by atoms with E-state index in [2.05, 4.69) is 24.4 Å². The first kappa shape index (κ1) is 23.8. The molecule has 0 heterocycles. The Bertz CT molecular complexity index is 1110. The van der Waals surface area contributed by atoms with Crippen molar-refractivity contribution in [2.45, 2.75) is 39.0 Å². The molecule has 0 spiro atoms. The molecule has 0 radical (unpaired) electrons. The number of amides is 1. The molecule has 0 aliphatic rings. The fourth-order valence-electron chi connectivity index (χ4n) is 3.42. The summed E-state index contributed by atoms with van der Waals surface area (Å²) in [6, 6.07) is 18.4. The minimum absolute atomic E-state index is 0.0560. The molecule has 0 saturated carbocycles. The third-order valence-corrected chi connectivity index (χ3v) is 5.99. The summed E-state index contributed by atoms with van der Waals surface area (Å²) in [4.78, 5) is 24.3. The molecule has 0 bridgehead atoms. The summed E-state index contributed by atoms with van der Waals surface area (Å²) in [6.45, 7) is 2.16. The second kappa shape index (κ2) is 11.2. The Labute approximate surface area is 198 Å². The Morgan fingerprint density at radius 3 is 2.19 bits per heavy atom. The van der Waals surface area contributed by atoms with Gasteiger partial charge in [0.1, 0.15) is 0 Å². The smallest absolute Gasteiger partial charge is 0.337 e. The van der Waals surface area contributed by atoms with E-state index >= 15 is 0 Å². The van der Waals surface area contributed by atoms with Gasteiger partial charge in [-0.15, -0.1) is 0 Å². The van der Waals surface area contributed by atoms with E-state index in [9.17, 15) is 14.7 Å². The van der Waals surface area contributed by atoms with Gasteiger partial charge in [-0.2, -0.15) is 0 Å². The standard InChI is InChI=1S/C26H25Cl2NO3/c1-2-3-4-17-5-9-19(10-6-17)20-11-13-24(21(16-20)26(31)32)29-25(30)14-8-18-7-12-22(27)23(28)15-18/h5-7,9-13,15-16H,2-4,8,14H2,1H3,(H,29,30)(H,31,32). The van der Waals surface area contributed by atoms with E-state index in [4.69, 9.17) is 23.2 Å². The Hall–Kier alpha value is -2.82. The highest BCUT2D eigenvalue weighted by Crippen LogP contribution is 2.27. The van der Waals surface area contributed by atoms with Crippen LogP contribution in [0, 0.1) is 0 Å². The van der Waals surface area contributed by atoms with Crippen molar-refractivity contribution in [2.24, 2.45) is 0 Å². The molecule has 0 unspecified atom stereocenters. The number of aryl methyl sites for hydroxylation is 2. The summed E-state index contributed by atoms with van der Waals surface area (Å²) in [5.74, 6) is -1.36. The van der Waals surface area contributed by atoms with Gasteiger partial charge in [0.05, 0.1) is 21.3 Å². The monoisotopic (exact) mass is 469 g/mol. The van der Waals surface area contributed by atoms with Crippen LogP contribution in [0.4, 0.5) is 5.69 Å². The molecule has 0 aliphatic carbocycles. The zero-order chi connectivity index (χ0) is 23.1. The lowest BCUT2D eigenvalue weighted by atomic mass is 9.99. The number of aromatic carboxylic acids is 1. The second-order valence-electron chi connectivity index (χ2n) is 7.66. The highest BCUT2D eigenvalue weighted by molar-refractivity contribution is 6.42. The number of anilines is 1. The maximum absolute atomic E-state index is 12.4. The number of halogens is 2. The third-order valence-electron chi connectivity index (χ3n) is 5.26. The molecule has 2 N–H and O–H groups in total. The van der Waals surface area contributed by atoms with E-state index in [0.717, 1.165) is 36.0 Å². The van der Waals surface area contributed by atoms with Crippen molar-refractivity contribution < 1.29 is 14.7 Å². The lowest BCUT2D eigenvalue weighted by Crippen LogP contribution is -2.15. The number of carboxylic acids is 1. The first-order valence-electron chi connectivity index (χ1n) is 10.6. The van der Waals surface area contributed by atoms with Crippen LogP contribution in [0.15, 0.2) is 60.7 Å². The number of carbonyl (C=O) groups is 2. The molecule has 0 aromatic heterocycles. The number of hydrogen-bond acceptors (Lipinski definition) is 2. The summed E-state index contributed by atoms with van der Waals surface area (Å²) in [7, 11) is 0. The van der Waals surface area contributed by atoms with Crippen molar-refractivity contribution >= 4 is 40.8 Å². The number of benzene rings is 3. The Kier molecular flexibility index (Phi) is 8.32. The van der Waals surface area contributed by atoms with Crippen LogP contribution >= 0.6 is 23.2 Å². The SMILES string of the molecule is CCCCc1ccc(-c2ccc(NC(=O)CCc3ccc(Cl)c(Cl)c3)c(C(=O)O)c2)cc1. The zero-order valence-corrected chi connectivity index (χ0v) is 19.3. The van der Waals surface area contributed by atoms with Gasteiger partial charge in [-0.05, 0) is 65.8 Å². The van der Waals surface area contributed by atoms with Crippen LogP contribution in [-0.2, 0) is 17.6 Å². The van der Waals surface area contributed by atoms with Gasteiger partial charge in [0.25, 0.3) is 0 Å². The Morgan fingerprint density at radius 1 is 0.844 bits per heavy atom. The maximum Gasteiger partial charge on any atom is 0.337 e. The van der Waals surface area contributed by atoms with Gasteiger partial charge in [-0.1, -0.05) is 72.9 Å². The fourth-order valence-corrected chi connectivity index (χ4v) is 3.74. The number of carbonyl (C=O) groups excluding carboxylic acids is 1. The highest BCUT2D eigenvalue weighted by atomic mass is 35.5. The van der Waals surface area contributed by atoms with E-state index in [-0.39, 0.29) is 23.6 Å². The first-order chi connectivity index (χ1) is 15.4. The normalized spacial score (nSPS) is 10.7. The lowest BCUT2D eigenvalue weighted by Gasteiger charge is -2.11. The average Bonchev–Trinajstić information content (AvgIpc) is 2.79. The molecule has 3 rings (SSSR count). The molecule has 4 nitrogen and oxygen atoms in total. The van der Waals surface area contributed by atoms with Crippen molar-refractivity contribution in [3.63, 3.8) is 0 Å². The molecule has 3 aromatic carbocycles. The summed E-state index contributed by atoms with van der Waals surface area (Å²) in [5, 5.41) is 13.3. The van der Waals surface area contributed by atoms with Crippen molar-refractivity contribution in [3.8, 4) is 11.1 Å². The van der Waals surface area contributed by atoms with Gasteiger partial charge >= 0.3 is 5.97 Å². The molecule has 6 heteroatoms. The van der Waals surface area contributed by atoms with E-state index in [1.165, 1.54) is 5.56 Å². The molecular formula is C26H25Cl2NO3. The predicted molar refractivity (Wildman–Crippen MR) is 131 cm³/mol. The van der Waals surface area contributed by atoms with Crippen LogP contribution in [0.25, 0.3) is 11.1 Å². The van der Waals surface area contributed by atoms with Gasteiger partial charge < -0.3 is 10.4 Å². The van der Waals surface area contributed by atoms with Crippen LogP contribution in [0.5, 0.6) is 0 Å². The van der Waals surface area contributed by atoms with Gasteiger partial charge in [0, 0.05) is 6.42 Å². The van der Waals surface area contributed by atoms with Crippen molar-refractivity contribution in [1.82, 2.24) is 0 Å². The molecule has 3 aromatic rings. The Balaban J connectivity index is 1.70. The van der Waals surface area contributed by atoms with Gasteiger partial charge in [0.2, 0.25) is 5.91 Å². The number of nitrogens with one attached hydrogen (secondary N) is 1. The minimum Gasteiger partial charge on any atom is -0.478 e. The maximum atomic E-state index is 12.4. The largest absolute Gasteiger partial charge is 0.478 e. The average molecular weight is 470 g/mol. The fraction of sp³-hybridized carbons (Fsp3) is 0.231. The van der Waals surface area contributed by atoms with Gasteiger partial charge in [-0.25, -0.2) is 4.79 Å². The van der Waals surface area contributed by atoms with Crippen molar-refractivity contribution in [1.29, 1.82) is 0 Å². The molecule has 0 atom stereocenters. The van der Waals surface area contributed by atoms with E-state index in [0.29, 0.717) is 16.5 Å². The first-order valence-corrected chi connectivity index (χ1v) is 11.3. The zero-order valence-electron chi connectivity index (χ0n) is 17.8. The van der Waals surface area contributed by atoms with Gasteiger partial charge in [0.15, 0.2) is 0 Å². The number of rotatable bonds is 9. The summed E-state index contributed by atoms with van der Waals surface area (Å²) < 4.78 is 0. The number of unbranched alkanes of at least 4 members (excludes halogenated alkanes) is 1. The quantitative estimate of drug-likeness (QED) is 0.346. The molecular weight excluding hydrogens is 445 g/mol. The minimum atomic E-state index is -1.09. The molecule has 1 amide bonds. The van der Waals surface area contributed by atoms with Crippen LogP contribution in [0.3, 0.4) is 0 Å². The van der Waals surface area contributed by atoms with Crippen LogP contribution < -0.4 is 5.32 Å². The third kappa shape index (κ3) is 6.35. The van der Waals surface area contributed by atoms with Gasteiger partial charge in [-0.3, -0.25) is 4.79 Å². The molecule has 0 saturated heterocycles. The van der Waals surface area contributed by atoms with E-state index in [1.807, 2.05) is 24.3 Å². The van der Waals surface area contributed by atoms with Crippen molar-refractivity contribution in [2.75, 3.05) is 5.32 Å².